The maximum atomic E-state index is 12.0. The van der Waals surface area contributed by atoms with Crippen molar-refractivity contribution in [3.8, 4) is 11.5 Å². The van der Waals surface area contributed by atoms with Gasteiger partial charge in [-0.3, -0.25) is 4.79 Å². The van der Waals surface area contributed by atoms with Crippen molar-refractivity contribution in [2.45, 2.75) is 12.8 Å². The van der Waals surface area contributed by atoms with Gasteiger partial charge in [0.1, 0.15) is 0 Å². The molecule has 7 nitrogen and oxygen atoms in total. The number of hydrogen-bond acceptors (Lipinski definition) is 6. The number of carbonyl (C=O) groups excluding carboxylic acids is 2. The molecule has 1 aromatic carbocycles. The Morgan fingerprint density at radius 2 is 1.88 bits per heavy atom. The van der Waals surface area contributed by atoms with Crippen LogP contribution in [0.1, 0.15) is 23.2 Å². The third-order valence-electron chi connectivity index (χ3n) is 3.59. The number of benzene rings is 1. The van der Waals surface area contributed by atoms with Crippen LogP contribution in [0.5, 0.6) is 11.5 Å². The summed E-state index contributed by atoms with van der Waals surface area (Å²) in [5.74, 6) is 0.661. The van der Waals surface area contributed by atoms with Crippen molar-refractivity contribution < 1.29 is 23.8 Å². The summed E-state index contributed by atoms with van der Waals surface area (Å²) in [4.78, 5) is 23.8. The zero-order valence-corrected chi connectivity index (χ0v) is 14.8. The second-order valence-electron chi connectivity index (χ2n) is 5.37. The van der Waals surface area contributed by atoms with E-state index in [0.29, 0.717) is 23.1 Å². The van der Waals surface area contributed by atoms with Gasteiger partial charge in [-0.05, 0) is 37.4 Å². The minimum absolute atomic E-state index is 0. The zero-order valence-electron chi connectivity index (χ0n) is 14.0. The summed E-state index contributed by atoms with van der Waals surface area (Å²) < 4.78 is 15.2. The lowest BCUT2D eigenvalue weighted by Gasteiger charge is -2.15. The lowest BCUT2D eigenvalue weighted by Crippen LogP contribution is -2.29. The maximum Gasteiger partial charge on any atom is 0.338 e. The molecule has 1 fully saturated rings. The highest BCUT2D eigenvalue weighted by atomic mass is 35.5. The minimum Gasteiger partial charge on any atom is -0.493 e. The molecule has 0 saturated heterocycles. The Hall–Kier alpha value is -1.99. The number of halogens is 1. The van der Waals surface area contributed by atoms with Crippen molar-refractivity contribution in [3.05, 3.63) is 17.7 Å². The first-order valence-corrected chi connectivity index (χ1v) is 7.44. The summed E-state index contributed by atoms with van der Waals surface area (Å²) in [6, 6.07) is 3.01. The SMILES string of the molecule is COC(=O)c1cc(NC(=O)CNCC2CC2)c(OC)c(OC)c1.Cl. The number of ether oxygens (including phenoxy) is 3. The van der Waals surface area contributed by atoms with Crippen LogP contribution in [0, 0.1) is 5.92 Å². The van der Waals surface area contributed by atoms with E-state index < -0.39 is 5.97 Å². The van der Waals surface area contributed by atoms with Crippen LogP contribution in [-0.4, -0.2) is 46.3 Å². The monoisotopic (exact) mass is 358 g/mol. The topological polar surface area (TPSA) is 85.9 Å². The van der Waals surface area contributed by atoms with Gasteiger partial charge in [-0.2, -0.15) is 0 Å². The smallest absolute Gasteiger partial charge is 0.338 e. The van der Waals surface area contributed by atoms with Crippen LogP contribution in [0.3, 0.4) is 0 Å². The van der Waals surface area contributed by atoms with Crippen LogP contribution < -0.4 is 20.1 Å². The third-order valence-corrected chi connectivity index (χ3v) is 3.59. The van der Waals surface area contributed by atoms with E-state index in [1.165, 1.54) is 46.3 Å². The molecule has 0 unspecified atom stereocenters. The van der Waals surface area contributed by atoms with E-state index in [-0.39, 0.29) is 30.4 Å². The normalized spacial score (nSPS) is 12.8. The van der Waals surface area contributed by atoms with Crippen molar-refractivity contribution in [2.75, 3.05) is 39.7 Å². The van der Waals surface area contributed by atoms with E-state index in [1.807, 2.05) is 0 Å². The second kappa shape index (κ2) is 9.34. The molecule has 134 valence electrons. The van der Waals surface area contributed by atoms with E-state index in [0.717, 1.165) is 6.54 Å². The van der Waals surface area contributed by atoms with Gasteiger partial charge in [-0.25, -0.2) is 4.79 Å². The fourth-order valence-electron chi connectivity index (χ4n) is 2.20. The number of carbonyl (C=O) groups is 2. The van der Waals surface area contributed by atoms with Gasteiger partial charge >= 0.3 is 5.97 Å². The predicted octanol–water partition coefficient (Wildman–Crippen LogP) is 1.85. The van der Waals surface area contributed by atoms with Gasteiger partial charge in [0.25, 0.3) is 0 Å². The lowest BCUT2D eigenvalue weighted by molar-refractivity contribution is -0.115. The molecule has 1 amide bonds. The minimum atomic E-state index is -0.520. The van der Waals surface area contributed by atoms with Crippen LogP contribution in [0.2, 0.25) is 0 Å². The summed E-state index contributed by atoms with van der Waals surface area (Å²) in [6.45, 7) is 1.04. The van der Waals surface area contributed by atoms with Crippen LogP contribution in [0.15, 0.2) is 12.1 Å². The molecule has 1 aliphatic carbocycles. The highest BCUT2D eigenvalue weighted by Crippen LogP contribution is 2.36. The Morgan fingerprint density at radius 3 is 2.42 bits per heavy atom. The Balaban J connectivity index is 0.00000288. The number of anilines is 1. The van der Waals surface area contributed by atoms with Gasteiger partial charge in [-0.1, -0.05) is 0 Å². The molecule has 0 heterocycles. The van der Waals surface area contributed by atoms with Crippen LogP contribution in [0.4, 0.5) is 5.69 Å². The van der Waals surface area contributed by atoms with Crippen molar-refractivity contribution in [1.29, 1.82) is 0 Å². The Kier molecular flexibility index (Phi) is 7.81. The summed E-state index contributed by atoms with van der Waals surface area (Å²) in [7, 11) is 4.22. The Bertz CT molecular complexity index is 590. The fraction of sp³-hybridized carbons (Fsp3) is 0.500. The molecule has 0 aliphatic heterocycles. The molecule has 0 radical (unpaired) electrons. The van der Waals surface area contributed by atoms with Crippen molar-refractivity contribution >= 4 is 30.0 Å². The average Bonchev–Trinajstić information content (AvgIpc) is 3.37. The molecule has 1 saturated carbocycles. The molecule has 2 rings (SSSR count). The summed E-state index contributed by atoms with van der Waals surface area (Å²) in [5, 5.41) is 5.84. The maximum absolute atomic E-state index is 12.0. The Morgan fingerprint density at radius 1 is 1.17 bits per heavy atom. The molecule has 0 spiro atoms. The molecule has 24 heavy (non-hydrogen) atoms. The number of rotatable bonds is 8. The average molecular weight is 359 g/mol. The van der Waals surface area contributed by atoms with Crippen molar-refractivity contribution in [3.63, 3.8) is 0 Å². The molecule has 2 N–H and O–H groups in total. The molecule has 8 heteroatoms. The van der Waals surface area contributed by atoms with Crippen LogP contribution >= 0.6 is 12.4 Å². The highest BCUT2D eigenvalue weighted by molar-refractivity contribution is 5.98. The van der Waals surface area contributed by atoms with E-state index in [4.69, 9.17) is 14.2 Å². The second-order valence-corrected chi connectivity index (χ2v) is 5.37. The number of nitrogens with one attached hydrogen (secondary N) is 2. The molecule has 1 aliphatic rings. The first-order valence-electron chi connectivity index (χ1n) is 7.44. The Labute approximate surface area is 147 Å². The molecule has 0 atom stereocenters. The first kappa shape index (κ1) is 20.1. The van der Waals surface area contributed by atoms with Crippen LogP contribution in [-0.2, 0) is 9.53 Å². The number of esters is 1. The summed E-state index contributed by atoms with van der Waals surface area (Å²) >= 11 is 0. The van der Waals surface area contributed by atoms with Crippen LogP contribution in [0.25, 0.3) is 0 Å². The standard InChI is InChI=1S/C16H22N2O5.ClH/c1-21-13-7-11(16(20)23-3)6-12(15(13)22-2)18-14(19)9-17-8-10-4-5-10;/h6-7,10,17H,4-5,8-9H2,1-3H3,(H,18,19);1H. The molecular weight excluding hydrogens is 336 g/mol. The number of methoxy groups -OCH3 is 3. The molecule has 0 bridgehead atoms. The zero-order chi connectivity index (χ0) is 16.8. The van der Waals surface area contributed by atoms with Gasteiger partial charge in [0.05, 0.1) is 39.1 Å². The quantitative estimate of drug-likeness (QED) is 0.690. The lowest BCUT2D eigenvalue weighted by atomic mass is 10.1. The molecular formula is C16H23ClN2O5. The van der Waals surface area contributed by atoms with E-state index >= 15 is 0 Å². The van der Waals surface area contributed by atoms with E-state index in [9.17, 15) is 9.59 Å². The third kappa shape index (κ3) is 5.28. The van der Waals surface area contributed by atoms with E-state index in [1.54, 1.807) is 0 Å². The summed E-state index contributed by atoms with van der Waals surface area (Å²) in [5.41, 5.74) is 0.636. The molecule has 1 aromatic rings. The fourth-order valence-corrected chi connectivity index (χ4v) is 2.20. The highest BCUT2D eigenvalue weighted by Gasteiger charge is 2.21. The van der Waals surface area contributed by atoms with Crippen molar-refractivity contribution in [2.24, 2.45) is 5.92 Å². The first-order chi connectivity index (χ1) is 11.1. The number of hydrogen-bond donors (Lipinski definition) is 2. The molecule has 0 aromatic heterocycles. The van der Waals surface area contributed by atoms with Gasteiger partial charge in [0.2, 0.25) is 5.91 Å². The van der Waals surface area contributed by atoms with Gasteiger partial charge in [0.15, 0.2) is 11.5 Å². The largest absolute Gasteiger partial charge is 0.493 e. The summed E-state index contributed by atoms with van der Waals surface area (Å²) in [6.07, 6.45) is 2.45. The van der Waals surface area contributed by atoms with Gasteiger partial charge in [-0.15, -0.1) is 12.4 Å². The van der Waals surface area contributed by atoms with Crippen molar-refractivity contribution in [1.82, 2.24) is 5.32 Å². The number of amides is 1. The predicted molar refractivity (Wildman–Crippen MR) is 92.4 cm³/mol. The van der Waals surface area contributed by atoms with Gasteiger partial charge in [0, 0.05) is 0 Å². The van der Waals surface area contributed by atoms with E-state index in [2.05, 4.69) is 10.6 Å². The van der Waals surface area contributed by atoms with Gasteiger partial charge < -0.3 is 24.8 Å².